The molecule has 0 saturated heterocycles. The normalized spacial score (nSPS) is 15.2. The maximum atomic E-state index is 8.70. The van der Waals surface area contributed by atoms with Gasteiger partial charge in [0, 0.05) is 23.1 Å². The maximum absolute atomic E-state index is 8.70. The number of aromatic nitrogens is 3. The largest absolute Gasteiger partial charge is 0.409 e. The molecule has 1 aliphatic rings. The molecule has 0 aliphatic carbocycles. The van der Waals surface area contributed by atoms with Gasteiger partial charge in [0.2, 0.25) is 0 Å². The van der Waals surface area contributed by atoms with Crippen LogP contribution in [0, 0.1) is 0 Å². The molecule has 0 radical (unpaired) electrons. The van der Waals surface area contributed by atoms with Crippen LogP contribution < -0.4 is 10.6 Å². The lowest BCUT2D eigenvalue weighted by atomic mass is 10.1. The molecule has 0 fully saturated rings. The fourth-order valence-electron chi connectivity index (χ4n) is 2.25. The summed E-state index contributed by atoms with van der Waals surface area (Å²) in [6.07, 6.45) is 1.75. The lowest BCUT2D eigenvalue weighted by Gasteiger charge is -2.29. The van der Waals surface area contributed by atoms with Gasteiger partial charge in [0.25, 0.3) is 0 Å². The third-order valence-corrected chi connectivity index (χ3v) is 3.97. The Morgan fingerprint density at radius 2 is 2.25 bits per heavy atom. The molecule has 8 heteroatoms. The molecular formula is C12H13BrN6O. The summed E-state index contributed by atoms with van der Waals surface area (Å²) in [5.74, 6) is 1.04. The van der Waals surface area contributed by atoms with Crippen molar-refractivity contribution in [3.05, 3.63) is 40.4 Å². The van der Waals surface area contributed by atoms with Crippen LogP contribution in [0.4, 0.5) is 5.69 Å². The van der Waals surface area contributed by atoms with Gasteiger partial charge in [-0.3, -0.25) is 0 Å². The average Bonchev–Trinajstić information content (AvgIpc) is 2.93. The zero-order chi connectivity index (χ0) is 14.1. The first-order valence-electron chi connectivity index (χ1n) is 6.08. The molecule has 1 aromatic carbocycles. The predicted octanol–water partition coefficient (Wildman–Crippen LogP) is 1.16. The van der Waals surface area contributed by atoms with Gasteiger partial charge in [0.05, 0.1) is 12.2 Å². The molecule has 3 N–H and O–H groups in total. The minimum Gasteiger partial charge on any atom is -0.409 e. The van der Waals surface area contributed by atoms with E-state index in [9.17, 15) is 0 Å². The molecule has 0 amide bonds. The second-order valence-corrected chi connectivity index (χ2v) is 5.37. The fraction of sp³-hybridized carbons (Fsp3) is 0.250. The van der Waals surface area contributed by atoms with E-state index in [2.05, 4.69) is 40.8 Å². The van der Waals surface area contributed by atoms with E-state index in [0.717, 1.165) is 29.1 Å². The van der Waals surface area contributed by atoms with Crippen molar-refractivity contribution in [3.8, 4) is 0 Å². The van der Waals surface area contributed by atoms with Gasteiger partial charge in [-0.2, -0.15) is 0 Å². The Kier molecular flexibility index (Phi) is 3.31. The van der Waals surface area contributed by atoms with Crippen LogP contribution in [0.3, 0.4) is 0 Å². The number of hydrogen-bond acceptors (Lipinski definition) is 5. The molecule has 1 aliphatic heterocycles. The lowest BCUT2D eigenvalue weighted by Crippen LogP contribution is -2.33. The number of oxime groups is 1. The molecule has 0 spiro atoms. The van der Waals surface area contributed by atoms with Gasteiger partial charge in [0.15, 0.2) is 11.7 Å². The standard InChI is InChI=1S/C12H13BrN6O/c13-9-5-8(12(14)17-20)1-2-10(9)18-3-4-19-7-15-16-11(19)6-18/h1-2,5,7,20H,3-4,6H2,(H2,14,17). The Labute approximate surface area is 123 Å². The number of fused-ring (bicyclic) bond motifs is 1. The van der Waals surface area contributed by atoms with Crippen molar-refractivity contribution < 1.29 is 5.21 Å². The van der Waals surface area contributed by atoms with E-state index in [1.807, 2.05) is 18.2 Å². The third-order valence-electron chi connectivity index (χ3n) is 3.33. The van der Waals surface area contributed by atoms with Gasteiger partial charge in [-0.1, -0.05) is 5.16 Å². The summed E-state index contributed by atoms with van der Waals surface area (Å²) in [6, 6.07) is 5.61. The predicted molar refractivity (Wildman–Crippen MR) is 77.7 cm³/mol. The molecule has 2 heterocycles. The molecule has 7 nitrogen and oxygen atoms in total. The average molecular weight is 337 g/mol. The zero-order valence-corrected chi connectivity index (χ0v) is 12.2. The smallest absolute Gasteiger partial charge is 0.170 e. The van der Waals surface area contributed by atoms with E-state index < -0.39 is 0 Å². The van der Waals surface area contributed by atoms with Crippen LogP contribution in [0.1, 0.15) is 11.4 Å². The molecule has 0 bridgehead atoms. The van der Waals surface area contributed by atoms with Gasteiger partial charge in [-0.15, -0.1) is 10.2 Å². The number of nitrogens with two attached hydrogens (primary N) is 1. The van der Waals surface area contributed by atoms with Crippen molar-refractivity contribution in [2.45, 2.75) is 13.1 Å². The summed E-state index contributed by atoms with van der Waals surface area (Å²) < 4.78 is 2.95. The highest BCUT2D eigenvalue weighted by atomic mass is 79.9. The molecule has 20 heavy (non-hydrogen) atoms. The molecule has 0 unspecified atom stereocenters. The summed E-state index contributed by atoms with van der Waals surface area (Å²) in [5.41, 5.74) is 7.30. The number of hydrogen-bond donors (Lipinski definition) is 2. The van der Waals surface area contributed by atoms with Crippen LogP contribution in [-0.4, -0.2) is 32.4 Å². The summed E-state index contributed by atoms with van der Waals surface area (Å²) in [4.78, 5) is 2.21. The van der Waals surface area contributed by atoms with Crippen LogP contribution >= 0.6 is 15.9 Å². The SMILES string of the molecule is N/C(=N/O)c1ccc(N2CCn3cnnc3C2)c(Br)c1. The highest BCUT2D eigenvalue weighted by Crippen LogP contribution is 2.29. The van der Waals surface area contributed by atoms with Crippen molar-refractivity contribution in [1.29, 1.82) is 0 Å². The van der Waals surface area contributed by atoms with Crippen molar-refractivity contribution in [2.24, 2.45) is 10.9 Å². The highest BCUT2D eigenvalue weighted by molar-refractivity contribution is 9.10. The van der Waals surface area contributed by atoms with E-state index in [0.29, 0.717) is 12.1 Å². The van der Waals surface area contributed by atoms with E-state index >= 15 is 0 Å². The van der Waals surface area contributed by atoms with E-state index in [-0.39, 0.29) is 5.84 Å². The maximum Gasteiger partial charge on any atom is 0.170 e. The molecule has 1 aromatic heterocycles. The Morgan fingerprint density at radius 1 is 1.40 bits per heavy atom. The highest BCUT2D eigenvalue weighted by Gasteiger charge is 2.19. The number of amidine groups is 1. The van der Waals surface area contributed by atoms with Crippen LogP contribution in [0.15, 0.2) is 34.2 Å². The minimum absolute atomic E-state index is 0.0932. The second kappa shape index (κ2) is 5.12. The molecule has 3 rings (SSSR count). The lowest BCUT2D eigenvalue weighted by molar-refractivity contribution is 0.318. The van der Waals surface area contributed by atoms with Gasteiger partial charge >= 0.3 is 0 Å². The van der Waals surface area contributed by atoms with E-state index in [4.69, 9.17) is 10.9 Å². The third kappa shape index (κ3) is 2.22. The number of halogens is 1. The quantitative estimate of drug-likeness (QED) is 0.371. The molecule has 104 valence electrons. The van der Waals surface area contributed by atoms with Crippen molar-refractivity contribution in [3.63, 3.8) is 0 Å². The molecule has 0 saturated carbocycles. The van der Waals surface area contributed by atoms with Crippen LogP contribution in [0.5, 0.6) is 0 Å². The summed E-state index contributed by atoms with van der Waals surface area (Å²) >= 11 is 3.53. The van der Waals surface area contributed by atoms with Gasteiger partial charge in [-0.25, -0.2) is 0 Å². The van der Waals surface area contributed by atoms with Crippen LogP contribution in [0.25, 0.3) is 0 Å². The number of nitrogens with zero attached hydrogens (tertiary/aromatic N) is 5. The van der Waals surface area contributed by atoms with Crippen molar-refractivity contribution in [1.82, 2.24) is 14.8 Å². The first-order valence-corrected chi connectivity index (χ1v) is 6.87. The molecule has 0 atom stereocenters. The Bertz CT molecular complexity index is 668. The van der Waals surface area contributed by atoms with Gasteiger partial charge in [0.1, 0.15) is 6.33 Å². The van der Waals surface area contributed by atoms with Crippen LogP contribution in [-0.2, 0) is 13.1 Å². The molecule has 2 aromatic rings. The number of anilines is 1. The van der Waals surface area contributed by atoms with Gasteiger partial charge < -0.3 is 20.4 Å². The van der Waals surface area contributed by atoms with Gasteiger partial charge in [-0.05, 0) is 34.1 Å². The van der Waals surface area contributed by atoms with E-state index in [1.54, 1.807) is 6.33 Å². The topological polar surface area (TPSA) is 92.6 Å². The Hall–Kier alpha value is -2.09. The zero-order valence-electron chi connectivity index (χ0n) is 10.6. The number of benzene rings is 1. The van der Waals surface area contributed by atoms with Crippen molar-refractivity contribution >= 4 is 27.5 Å². The Balaban J connectivity index is 1.89. The monoisotopic (exact) mass is 336 g/mol. The Morgan fingerprint density at radius 3 is 3.00 bits per heavy atom. The number of rotatable bonds is 2. The summed E-state index contributed by atoms with van der Waals surface area (Å²) in [5, 5.41) is 19.7. The first-order chi connectivity index (χ1) is 9.69. The second-order valence-electron chi connectivity index (χ2n) is 4.51. The van der Waals surface area contributed by atoms with E-state index in [1.165, 1.54) is 0 Å². The molecular weight excluding hydrogens is 324 g/mol. The summed E-state index contributed by atoms with van der Waals surface area (Å²) in [7, 11) is 0. The van der Waals surface area contributed by atoms with Crippen LogP contribution in [0.2, 0.25) is 0 Å². The minimum atomic E-state index is 0.0932. The summed E-state index contributed by atoms with van der Waals surface area (Å²) in [6.45, 7) is 2.45. The van der Waals surface area contributed by atoms with Crippen molar-refractivity contribution in [2.75, 3.05) is 11.4 Å². The first kappa shape index (κ1) is 12.9. The fourth-order valence-corrected chi connectivity index (χ4v) is 2.88.